The van der Waals surface area contributed by atoms with Gasteiger partial charge in [0, 0.05) is 12.5 Å². The van der Waals surface area contributed by atoms with Gasteiger partial charge in [-0.05, 0) is 30.5 Å². The van der Waals surface area contributed by atoms with Gasteiger partial charge in [0.2, 0.25) is 5.76 Å². The minimum absolute atomic E-state index is 0.178. The standard InChI is InChI=1S/C23H22N4O3/c28-21(24-17-11-7-8-12-17)20-19(15-16-9-3-1-4-10-16)27-23(30-20)25-22(26-27)29-18-13-5-2-6-14-18/h1-6,9-10,13-14,17H,7-8,11-12,15H2,(H,24,28). The maximum Gasteiger partial charge on any atom is 0.344 e. The maximum atomic E-state index is 13.0. The zero-order chi connectivity index (χ0) is 20.3. The lowest BCUT2D eigenvalue weighted by Gasteiger charge is -2.11. The minimum Gasteiger partial charge on any atom is -0.423 e. The number of benzene rings is 2. The topological polar surface area (TPSA) is 81.7 Å². The highest BCUT2D eigenvalue weighted by Crippen LogP contribution is 2.25. The van der Waals surface area contributed by atoms with E-state index in [2.05, 4.69) is 15.4 Å². The normalized spacial score (nSPS) is 14.3. The second kappa shape index (κ2) is 8.02. The van der Waals surface area contributed by atoms with Crippen LogP contribution in [-0.4, -0.2) is 26.5 Å². The molecule has 2 aromatic heterocycles. The number of carbonyl (C=O) groups is 1. The number of para-hydroxylation sites is 1. The van der Waals surface area contributed by atoms with Crippen LogP contribution in [0.1, 0.15) is 47.5 Å². The van der Waals surface area contributed by atoms with E-state index >= 15 is 0 Å². The molecule has 0 unspecified atom stereocenters. The van der Waals surface area contributed by atoms with Crippen molar-refractivity contribution < 1.29 is 13.9 Å². The van der Waals surface area contributed by atoms with Gasteiger partial charge in [0.15, 0.2) is 0 Å². The summed E-state index contributed by atoms with van der Waals surface area (Å²) in [6.07, 6.45) is 4.79. The third kappa shape index (κ3) is 3.78. The first kappa shape index (κ1) is 18.4. The van der Waals surface area contributed by atoms with Gasteiger partial charge in [0.1, 0.15) is 11.4 Å². The van der Waals surface area contributed by atoms with E-state index in [4.69, 9.17) is 9.15 Å². The average molecular weight is 402 g/mol. The van der Waals surface area contributed by atoms with Crippen LogP contribution in [0.15, 0.2) is 65.1 Å². The van der Waals surface area contributed by atoms with Gasteiger partial charge in [-0.1, -0.05) is 61.4 Å². The molecule has 1 aliphatic carbocycles. The molecule has 1 aliphatic rings. The first-order valence-electron chi connectivity index (χ1n) is 10.2. The van der Waals surface area contributed by atoms with Gasteiger partial charge in [-0.2, -0.15) is 4.52 Å². The molecule has 0 radical (unpaired) electrons. The number of fused-ring (bicyclic) bond motifs is 1. The van der Waals surface area contributed by atoms with E-state index in [1.807, 2.05) is 60.7 Å². The van der Waals surface area contributed by atoms with E-state index in [1.165, 1.54) is 0 Å². The van der Waals surface area contributed by atoms with Crippen LogP contribution in [0.25, 0.3) is 5.84 Å². The fraction of sp³-hybridized carbons (Fsp3) is 0.261. The van der Waals surface area contributed by atoms with Crippen LogP contribution in [0.4, 0.5) is 0 Å². The van der Waals surface area contributed by atoms with Crippen LogP contribution in [0.3, 0.4) is 0 Å². The van der Waals surface area contributed by atoms with E-state index in [1.54, 1.807) is 4.52 Å². The zero-order valence-electron chi connectivity index (χ0n) is 16.5. The van der Waals surface area contributed by atoms with Crippen molar-refractivity contribution in [3.8, 4) is 11.8 Å². The summed E-state index contributed by atoms with van der Waals surface area (Å²) >= 11 is 0. The number of carbonyl (C=O) groups excluding carboxylic acids is 1. The highest BCUT2D eigenvalue weighted by molar-refractivity contribution is 5.93. The Kier molecular flexibility index (Phi) is 4.93. The van der Waals surface area contributed by atoms with Crippen LogP contribution in [-0.2, 0) is 6.42 Å². The number of amides is 1. The summed E-state index contributed by atoms with van der Waals surface area (Å²) in [5, 5.41) is 7.54. The van der Waals surface area contributed by atoms with Gasteiger partial charge in [-0.3, -0.25) is 4.79 Å². The molecule has 7 nitrogen and oxygen atoms in total. The molecule has 2 heterocycles. The Labute approximate surface area is 173 Å². The summed E-state index contributed by atoms with van der Waals surface area (Å²) < 4.78 is 13.2. The third-order valence-electron chi connectivity index (χ3n) is 5.33. The van der Waals surface area contributed by atoms with Gasteiger partial charge >= 0.3 is 11.9 Å². The van der Waals surface area contributed by atoms with Crippen molar-refractivity contribution in [1.29, 1.82) is 0 Å². The molecule has 0 saturated heterocycles. The molecule has 0 spiro atoms. The molecule has 4 aromatic rings. The maximum absolute atomic E-state index is 13.0. The summed E-state index contributed by atoms with van der Waals surface area (Å²) in [6.45, 7) is 0. The molecular formula is C23H22N4O3. The van der Waals surface area contributed by atoms with Crippen molar-refractivity contribution in [2.45, 2.75) is 38.1 Å². The Morgan fingerprint density at radius 2 is 1.77 bits per heavy atom. The minimum atomic E-state index is -0.217. The molecule has 0 bridgehead atoms. The predicted octanol–water partition coefficient (Wildman–Crippen LogP) is 4.38. The molecule has 2 aromatic carbocycles. The number of nitrogens with zero attached hydrogens (tertiary/aromatic N) is 3. The van der Waals surface area contributed by atoms with Crippen LogP contribution >= 0.6 is 0 Å². The van der Waals surface area contributed by atoms with Crippen LogP contribution < -0.4 is 10.1 Å². The molecule has 7 heteroatoms. The smallest absolute Gasteiger partial charge is 0.344 e. The summed E-state index contributed by atoms with van der Waals surface area (Å²) in [5.41, 5.74) is 1.71. The van der Waals surface area contributed by atoms with Crippen LogP contribution in [0, 0.1) is 0 Å². The lowest BCUT2D eigenvalue weighted by atomic mass is 10.1. The number of ether oxygens (including phenoxy) is 1. The second-order valence-electron chi connectivity index (χ2n) is 7.50. The van der Waals surface area contributed by atoms with Gasteiger partial charge in [0.05, 0.1) is 0 Å². The van der Waals surface area contributed by atoms with Crippen LogP contribution in [0.5, 0.6) is 11.8 Å². The first-order valence-corrected chi connectivity index (χ1v) is 10.2. The van der Waals surface area contributed by atoms with Crippen LogP contribution in [0.2, 0.25) is 0 Å². The van der Waals surface area contributed by atoms with Gasteiger partial charge in [-0.15, -0.1) is 10.1 Å². The van der Waals surface area contributed by atoms with Gasteiger partial charge in [0.25, 0.3) is 5.91 Å². The SMILES string of the molecule is O=C(NC1CCCC1)c1oc2nc(Oc3ccccc3)nn2c1Cc1ccccc1. The number of oxazole rings is 1. The molecule has 5 rings (SSSR count). The summed E-state index contributed by atoms with van der Waals surface area (Å²) in [5.74, 6) is 0.913. The summed E-state index contributed by atoms with van der Waals surface area (Å²) in [7, 11) is 0. The quantitative estimate of drug-likeness (QED) is 0.518. The zero-order valence-corrected chi connectivity index (χ0v) is 16.5. The second-order valence-corrected chi connectivity index (χ2v) is 7.50. The van der Waals surface area contributed by atoms with Crippen molar-refractivity contribution in [1.82, 2.24) is 19.9 Å². The van der Waals surface area contributed by atoms with E-state index < -0.39 is 0 Å². The molecule has 1 N–H and O–H groups in total. The molecule has 1 fully saturated rings. The monoisotopic (exact) mass is 402 g/mol. The number of hydrogen-bond donors (Lipinski definition) is 1. The summed E-state index contributed by atoms with van der Waals surface area (Å²) in [4.78, 5) is 17.3. The number of hydrogen-bond acceptors (Lipinski definition) is 5. The molecule has 1 amide bonds. The first-order chi connectivity index (χ1) is 14.8. The van der Waals surface area contributed by atoms with Crippen molar-refractivity contribution in [2.24, 2.45) is 0 Å². The number of aromatic nitrogens is 3. The highest BCUT2D eigenvalue weighted by Gasteiger charge is 2.27. The Morgan fingerprint density at radius 3 is 2.50 bits per heavy atom. The van der Waals surface area contributed by atoms with Gasteiger partial charge in [-0.25, -0.2) is 0 Å². The highest BCUT2D eigenvalue weighted by atomic mass is 16.5. The molecule has 30 heavy (non-hydrogen) atoms. The Balaban J connectivity index is 1.49. The van der Waals surface area contributed by atoms with E-state index in [-0.39, 0.29) is 29.6 Å². The van der Waals surface area contributed by atoms with Crippen molar-refractivity contribution in [3.63, 3.8) is 0 Å². The van der Waals surface area contributed by atoms with E-state index in [0.29, 0.717) is 17.9 Å². The third-order valence-corrected chi connectivity index (χ3v) is 5.33. The molecule has 0 atom stereocenters. The van der Waals surface area contributed by atoms with Gasteiger partial charge < -0.3 is 14.5 Å². The lowest BCUT2D eigenvalue weighted by Crippen LogP contribution is -2.33. The Hall–Kier alpha value is -3.61. The average Bonchev–Trinajstić information content (AvgIpc) is 3.48. The molecule has 0 aliphatic heterocycles. The fourth-order valence-electron chi connectivity index (χ4n) is 3.85. The van der Waals surface area contributed by atoms with Crippen molar-refractivity contribution in [3.05, 3.63) is 77.7 Å². The van der Waals surface area contributed by atoms with E-state index in [0.717, 1.165) is 31.2 Å². The Bertz CT molecular complexity index is 1150. The Morgan fingerprint density at radius 1 is 1.07 bits per heavy atom. The largest absolute Gasteiger partial charge is 0.423 e. The number of rotatable bonds is 6. The lowest BCUT2D eigenvalue weighted by molar-refractivity contribution is 0.0910. The van der Waals surface area contributed by atoms with E-state index in [9.17, 15) is 4.79 Å². The molecule has 1 saturated carbocycles. The predicted molar refractivity (Wildman–Crippen MR) is 111 cm³/mol. The molecular weight excluding hydrogens is 380 g/mol. The summed E-state index contributed by atoms with van der Waals surface area (Å²) in [6, 6.07) is 19.6. The van der Waals surface area contributed by atoms with Crippen molar-refractivity contribution >= 4 is 11.8 Å². The molecule has 152 valence electrons. The number of nitrogens with one attached hydrogen (secondary N) is 1. The van der Waals surface area contributed by atoms with Crippen molar-refractivity contribution in [2.75, 3.05) is 0 Å². The fourth-order valence-corrected chi connectivity index (χ4v) is 3.85.